The molecular formula is C21H17FN6O3. The molecule has 4 rings (SSSR count). The molecule has 0 saturated heterocycles. The van der Waals surface area contributed by atoms with Gasteiger partial charge in [-0.15, -0.1) is 0 Å². The Balaban J connectivity index is 1.43. The topological polar surface area (TPSA) is 104 Å². The van der Waals surface area contributed by atoms with Gasteiger partial charge in [-0.25, -0.2) is 18.7 Å². The predicted octanol–water partition coefficient (Wildman–Crippen LogP) is 2.29. The minimum Gasteiger partial charge on any atom is -0.492 e. The fourth-order valence-electron chi connectivity index (χ4n) is 2.80. The molecule has 31 heavy (non-hydrogen) atoms. The lowest BCUT2D eigenvalue weighted by Crippen LogP contribution is -2.28. The van der Waals surface area contributed by atoms with Crippen molar-refractivity contribution in [2.24, 2.45) is 0 Å². The second kappa shape index (κ2) is 8.99. The molecule has 0 aliphatic carbocycles. The summed E-state index contributed by atoms with van der Waals surface area (Å²) in [5.41, 5.74) is 0.0791. The highest BCUT2D eigenvalue weighted by Gasteiger charge is 2.12. The zero-order chi connectivity index (χ0) is 21.6. The number of benzene rings is 2. The fraction of sp³-hybridized carbons (Fsp3) is 0.0952. The molecule has 4 aromatic rings. The Morgan fingerprint density at radius 1 is 1.10 bits per heavy atom. The third-order valence-corrected chi connectivity index (χ3v) is 4.29. The molecule has 0 spiro atoms. The van der Waals surface area contributed by atoms with Crippen molar-refractivity contribution >= 4 is 11.6 Å². The van der Waals surface area contributed by atoms with Crippen molar-refractivity contribution in [2.75, 3.05) is 11.9 Å². The number of nitrogens with one attached hydrogen (secondary N) is 1. The van der Waals surface area contributed by atoms with Crippen LogP contribution in [0.4, 0.5) is 10.1 Å². The lowest BCUT2D eigenvalue weighted by molar-refractivity contribution is 0.101. The number of para-hydroxylation sites is 1. The molecule has 10 heteroatoms. The smallest absolute Gasteiger partial charge is 0.276 e. The first kappa shape index (κ1) is 20.0. The van der Waals surface area contributed by atoms with E-state index in [0.29, 0.717) is 5.75 Å². The Labute approximate surface area is 175 Å². The van der Waals surface area contributed by atoms with E-state index in [1.54, 1.807) is 12.1 Å². The number of aromatic nitrogens is 5. The molecule has 9 nitrogen and oxygen atoms in total. The van der Waals surface area contributed by atoms with Gasteiger partial charge in [-0.05, 0) is 36.4 Å². The minimum absolute atomic E-state index is 0.0140. The Morgan fingerprint density at radius 3 is 2.68 bits per heavy atom. The van der Waals surface area contributed by atoms with Crippen LogP contribution in [0.25, 0.3) is 5.69 Å². The molecule has 0 unspecified atom stereocenters. The van der Waals surface area contributed by atoms with Crippen LogP contribution in [-0.2, 0) is 6.54 Å². The van der Waals surface area contributed by atoms with Gasteiger partial charge in [0.15, 0.2) is 5.82 Å². The highest BCUT2D eigenvalue weighted by atomic mass is 19.1. The number of carbonyl (C=O) groups is 1. The Bertz CT molecular complexity index is 1240. The summed E-state index contributed by atoms with van der Waals surface area (Å²) in [6, 6.07) is 15.9. The maximum Gasteiger partial charge on any atom is 0.276 e. The summed E-state index contributed by atoms with van der Waals surface area (Å²) in [6.45, 7) is 0.368. The van der Waals surface area contributed by atoms with Crippen molar-refractivity contribution in [1.82, 2.24) is 24.5 Å². The normalized spacial score (nSPS) is 10.6. The zero-order valence-corrected chi connectivity index (χ0v) is 16.2. The first-order valence-electron chi connectivity index (χ1n) is 9.32. The molecular weight excluding hydrogens is 403 g/mol. The molecule has 0 aliphatic heterocycles. The highest BCUT2D eigenvalue weighted by molar-refractivity contribution is 6.02. The summed E-state index contributed by atoms with van der Waals surface area (Å²) in [4.78, 5) is 28.3. The highest BCUT2D eigenvalue weighted by Crippen LogP contribution is 2.17. The summed E-state index contributed by atoms with van der Waals surface area (Å²) >= 11 is 0. The average molecular weight is 420 g/mol. The molecule has 0 atom stereocenters. The summed E-state index contributed by atoms with van der Waals surface area (Å²) in [5.74, 6) is -0.495. The number of carbonyl (C=O) groups excluding carboxylic acids is 1. The molecule has 0 aliphatic rings. The zero-order valence-electron chi connectivity index (χ0n) is 16.2. The van der Waals surface area contributed by atoms with E-state index >= 15 is 0 Å². The van der Waals surface area contributed by atoms with Crippen molar-refractivity contribution in [3.05, 3.63) is 95.2 Å². The molecule has 1 N–H and O–H groups in total. The van der Waals surface area contributed by atoms with E-state index < -0.39 is 11.7 Å². The second-order valence-corrected chi connectivity index (χ2v) is 6.40. The Morgan fingerprint density at radius 2 is 1.94 bits per heavy atom. The summed E-state index contributed by atoms with van der Waals surface area (Å²) in [5, 5.41) is 10.5. The van der Waals surface area contributed by atoms with E-state index in [1.807, 2.05) is 18.2 Å². The van der Waals surface area contributed by atoms with Gasteiger partial charge in [0, 0.05) is 11.8 Å². The number of halogens is 1. The molecule has 1 amide bonds. The quantitative estimate of drug-likeness (QED) is 0.492. The molecule has 0 fully saturated rings. The van der Waals surface area contributed by atoms with Crippen LogP contribution in [0.15, 0.2) is 78.1 Å². The number of hydrogen-bond acceptors (Lipinski definition) is 6. The predicted molar refractivity (Wildman–Crippen MR) is 110 cm³/mol. The van der Waals surface area contributed by atoms with Gasteiger partial charge in [-0.3, -0.25) is 9.59 Å². The SMILES string of the molecule is O=C(Nc1ccc(-n2cncn2)c(F)c1)c1ccc(=O)n(CCOc2ccccc2)n1. The number of rotatable bonds is 7. The second-order valence-electron chi connectivity index (χ2n) is 6.40. The number of ether oxygens (including phenoxy) is 1. The molecule has 0 saturated carbocycles. The maximum atomic E-state index is 14.3. The molecule has 2 aromatic heterocycles. The van der Waals surface area contributed by atoms with Crippen LogP contribution >= 0.6 is 0 Å². The van der Waals surface area contributed by atoms with Crippen LogP contribution in [0.2, 0.25) is 0 Å². The van der Waals surface area contributed by atoms with Crippen molar-refractivity contribution in [1.29, 1.82) is 0 Å². The number of hydrogen-bond donors (Lipinski definition) is 1. The van der Waals surface area contributed by atoms with Crippen LogP contribution in [0.3, 0.4) is 0 Å². The lowest BCUT2D eigenvalue weighted by Gasteiger charge is -2.10. The standard InChI is InChI=1S/C21H17FN6O3/c22-17-12-15(6-8-19(17)28-14-23-13-24-28)25-21(30)18-7-9-20(29)27(26-18)10-11-31-16-4-2-1-3-5-16/h1-9,12-14H,10-11H2,(H,25,30). The first-order valence-corrected chi connectivity index (χ1v) is 9.32. The van der Waals surface area contributed by atoms with Gasteiger partial charge in [-0.1, -0.05) is 18.2 Å². The van der Waals surface area contributed by atoms with Crippen molar-refractivity contribution in [3.63, 3.8) is 0 Å². The van der Waals surface area contributed by atoms with E-state index in [4.69, 9.17) is 4.74 Å². The van der Waals surface area contributed by atoms with Crippen molar-refractivity contribution < 1.29 is 13.9 Å². The van der Waals surface area contributed by atoms with Gasteiger partial charge in [0.25, 0.3) is 11.5 Å². The number of anilines is 1. The maximum absolute atomic E-state index is 14.3. The first-order chi connectivity index (χ1) is 15.1. The van der Waals surface area contributed by atoms with Gasteiger partial charge < -0.3 is 10.1 Å². The van der Waals surface area contributed by atoms with Crippen LogP contribution in [-0.4, -0.2) is 37.1 Å². The van der Waals surface area contributed by atoms with Gasteiger partial charge in [0.1, 0.15) is 36.4 Å². The lowest BCUT2D eigenvalue weighted by atomic mass is 10.2. The van der Waals surface area contributed by atoms with Crippen molar-refractivity contribution in [2.45, 2.75) is 6.54 Å². The third kappa shape index (κ3) is 4.81. The molecule has 156 valence electrons. The molecule has 0 radical (unpaired) electrons. The third-order valence-electron chi connectivity index (χ3n) is 4.29. The largest absolute Gasteiger partial charge is 0.492 e. The van der Waals surface area contributed by atoms with Crippen LogP contribution in [0.5, 0.6) is 5.75 Å². The Kier molecular flexibility index (Phi) is 5.79. The van der Waals surface area contributed by atoms with Gasteiger partial charge in [0.05, 0.1) is 6.54 Å². The van der Waals surface area contributed by atoms with Crippen LogP contribution in [0.1, 0.15) is 10.5 Å². The number of amides is 1. The minimum atomic E-state index is -0.584. The summed E-state index contributed by atoms with van der Waals surface area (Å²) in [7, 11) is 0. The summed E-state index contributed by atoms with van der Waals surface area (Å²) < 4.78 is 22.3. The molecule has 2 aromatic carbocycles. The monoisotopic (exact) mass is 420 g/mol. The molecule has 0 bridgehead atoms. The fourth-order valence-corrected chi connectivity index (χ4v) is 2.80. The molecule has 2 heterocycles. The van der Waals surface area contributed by atoms with E-state index in [9.17, 15) is 14.0 Å². The summed E-state index contributed by atoms with van der Waals surface area (Å²) in [6.07, 6.45) is 2.66. The Hall–Kier alpha value is -4.34. The average Bonchev–Trinajstić information content (AvgIpc) is 3.30. The number of nitrogens with zero attached hydrogens (tertiary/aromatic N) is 5. The van der Waals surface area contributed by atoms with E-state index in [-0.39, 0.29) is 35.8 Å². The van der Waals surface area contributed by atoms with E-state index in [1.165, 1.54) is 47.7 Å². The van der Waals surface area contributed by atoms with E-state index in [2.05, 4.69) is 20.5 Å². The van der Waals surface area contributed by atoms with Crippen LogP contribution in [0, 0.1) is 5.82 Å². The van der Waals surface area contributed by atoms with Gasteiger partial charge in [-0.2, -0.15) is 10.2 Å². The van der Waals surface area contributed by atoms with E-state index in [0.717, 1.165) is 4.68 Å². The van der Waals surface area contributed by atoms with Gasteiger partial charge in [0.2, 0.25) is 0 Å². The van der Waals surface area contributed by atoms with Crippen LogP contribution < -0.4 is 15.6 Å². The van der Waals surface area contributed by atoms with Crippen molar-refractivity contribution in [3.8, 4) is 11.4 Å². The van der Waals surface area contributed by atoms with Gasteiger partial charge >= 0.3 is 0 Å².